The van der Waals surface area contributed by atoms with E-state index < -0.39 is 0 Å². The summed E-state index contributed by atoms with van der Waals surface area (Å²) in [6, 6.07) is 0. The molecule has 0 heterocycles. The molecule has 1 saturated carbocycles. The third-order valence-electron chi connectivity index (χ3n) is 2.56. The molecule has 1 radical (unpaired) electrons. The first kappa shape index (κ1) is 10.6. The maximum absolute atomic E-state index is 11.0. The minimum atomic E-state index is -0.145. The quantitative estimate of drug-likeness (QED) is 0.626. The second-order valence-corrected chi connectivity index (χ2v) is 3.75. The molecule has 0 aromatic heterocycles. The van der Waals surface area contributed by atoms with E-state index >= 15 is 0 Å². The molecular weight excluding hydrogens is 164 g/mol. The van der Waals surface area contributed by atoms with Crippen LogP contribution in [0.4, 0.5) is 0 Å². The van der Waals surface area contributed by atoms with E-state index in [-0.39, 0.29) is 5.97 Å². The summed E-state index contributed by atoms with van der Waals surface area (Å²) in [6.07, 6.45) is 8.80. The first-order chi connectivity index (χ1) is 6.33. The lowest BCUT2D eigenvalue weighted by atomic mass is 9.90. The Kier molecular flexibility index (Phi) is 4.87. The van der Waals surface area contributed by atoms with Gasteiger partial charge in [-0.15, -0.1) is 0 Å². The van der Waals surface area contributed by atoms with Gasteiger partial charge in [0.05, 0.1) is 13.0 Å². The molecular formula is C11H19O2. The van der Waals surface area contributed by atoms with Crippen molar-refractivity contribution in [1.29, 1.82) is 0 Å². The molecule has 0 saturated heterocycles. The topological polar surface area (TPSA) is 26.3 Å². The average Bonchev–Trinajstić information content (AvgIpc) is 2.17. The normalized spacial score (nSPS) is 18.5. The highest BCUT2D eigenvalue weighted by Crippen LogP contribution is 2.23. The van der Waals surface area contributed by atoms with Crippen LogP contribution in [0.25, 0.3) is 0 Å². The first-order valence-electron chi connectivity index (χ1n) is 5.33. The molecule has 0 atom stereocenters. The van der Waals surface area contributed by atoms with Gasteiger partial charge >= 0.3 is 5.97 Å². The molecule has 1 aliphatic rings. The molecule has 0 amide bonds. The summed E-state index contributed by atoms with van der Waals surface area (Å²) < 4.78 is 5.13. The largest absolute Gasteiger partial charge is 0.465 e. The van der Waals surface area contributed by atoms with E-state index in [4.69, 9.17) is 4.74 Å². The summed E-state index contributed by atoms with van der Waals surface area (Å²) in [7, 11) is 0. The standard InChI is InChI=1S/C11H19O2/c1-2-6-11(12)13-9-10-7-4-3-5-8-10/h6,10H,2-5,7-9H2,1H3. The third-order valence-corrected chi connectivity index (χ3v) is 2.56. The Morgan fingerprint density at radius 1 is 1.38 bits per heavy atom. The van der Waals surface area contributed by atoms with E-state index in [1.807, 2.05) is 6.92 Å². The molecule has 13 heavy (non-hydrogen) atoms. The molecule has 0 N–H and O–H groups in total. The van der Waals surface area contributed by atoms with E-state index in [9.17, 15) is 4.79 Å². The minimum absolute atomic E-state index is 0.145. The van der Waals surface area contributed by atoms with Crippen molar-refractivity contribution < 1.29 is 9.53 Å². The predicted octanol–water partition coefficient (Wildman–Crippen LogP) is 2.72. The molecule has 0 aliphatic heterocycles. The van der Waals surface area contributed by atoms with Crippen molar-refractivity contribution in [3.05, 3.63) is 6.42 Å². The summed E-state index contributed by atoms with van der Waals surface area (Å²) >= 11 is 0. The van der Waals surface area contributed by atoms with Crippen LogP contribution in [0.5, 0.6) is 0 Å². The van der Waals surface area contributed by atoms with Crippen molar-refractivity contribution in [3.8, 4) is 0 Å². The SMILES string of the molecule is CC[CH]C(=O)OCC1CCCCC1. The number of hydrogen-bond acceptors (Lipinski definition) is 2. The predicted molar refractivity (Wildman–Crippen MR) is 52.1 cm³/mol. The third kappa shape index (κ3) is 4.30. The van der Waals surface area contributed by atoms with Gasteiger partial charge in [-0.2, -0.15) is 0 Å². The average molecular weight is 183 g/mol. The van der Waals surface area contributed by atoms with E-state index in [0.717, 1.165) is 6.42 Å². The fraction of sp³-hybridized carbons (Fsp3) is 0.818. The highest BCUT2D eigenvalue weighted by molar-refractivity contribution is 5.78. The number of carbonyl (C=O) groups is 1. The van der Waals surface area contributed by atoms with E-state index in [2.05, 4.69) is 0 Å². The molecule has 0 spiro atoms. The van der Waals surface area contributed by atoms with Crippen molar-refractivity contribution in [2.24, 2.45) is 5.92 Å². The lowest BCUT2D eigenvalue weighted by Gasteiger charge is -2.20. The van der Waals surface area contributed by atoms with Gasteiger partial charge in [-0.05, 0) is 25.2 Å². The van der Waals surface area contributed by atoms with Gasteiger partial charge < -0.3 is 4.74 Å². The number of esters is 1. The maximum Gasteiger partial charge on any atom is 0.309 e. The van der Waals surface area contributed by atoms with Crippen LogP contribution in [0, 0.1) is 12.3 Å². The Bertz CT molecular complexity index is 148. The van der Waals surface area contributed by atoms with E-state index in [1.165, 1.54) is 32.1 Å². The fourth-order valence-corrected chi connectivity index (χ4v) is 1.78. The summed E-state index contributed by atoms with van der Waals surface area (Å²) in [4.78, 5) is 11.0. The molecule has 1 fully saturated rings. The summed E-state index contributed by atoms with van der Waals surface area (Å²) in [6.45, 7) is 2.58. The van der Waals surface area contributed by atoms with Crippen LogP contribution in [0.15, 0.2) is 0 Å². The summed E-state index contributed by atoms with van der Waals surface area (Å²) in [5.41, 5.74) is 0. The molecule has 2 heteroatoms. The molecule has 0 bridgehead atoms. The zero-order valence-electron chi connectivity index (χ0n) is 8.42. The Hall–Kier alpha value is -0.530. The first-order valence-corrected chi connectivity index (χ1v) is 5.33. The van der Waals surface area contributed by atoms with Gasteiger partial charge in [0.1, 0.15) is 0 Å². The van der Waals surface area contributed by atoms with Gasteiger partial charge in [0.2, 0.25) is 0 Å². The monoisotopic (exact) mass is 183 g/mol. The molecule has 0 aromatic rings. The minimum Gasteiger partial charge on any atom is -0.465 e. The van der Waals surface area contributed by atoms with E-state index in [0.29, 0.717) is 12.5 Å². The Morgan fingerprint density at radius 3 is 2.69 bits per heavy atom. The van der Waals surface area contributed by atoms with Crippen LogP contribution in [0.1, 0.15) is 45.4 Å². The smallest absolute Gasteiger partial charge is 0.309 e. The number of rotatable bonds is 4. The highest BCUT2D eigenvalue weighted by Gasteiger charge is 2.14. The van der Waals surface area contributed by atoms with Gasteiger partial charge in [0.25, 0.3) is 0 Å². The fourth-order valence-electron chi connectivity index (χ4n) is 1.78. The van der Waals surface area contributed by atoms with Gasteiger partial charge in [-0.3, -0.25) is 4.79 Å². The zero-order chi connectivity index (χ0) is 9.52. The van der Waals surface area contributed by atoms with Crippen molar-refractivity contribution in [1.82, 2.24) is 0 Å². The summed E-state index contributed by atoms with van der Waals surface area (Å²) in [5, 5.41) is 0. The van der Waals surface area contributed by atoms with Crippen molar-refractivity contribution >= 4 is 5.97 Å². The Balaban J connectivity index is 2.06. The molecule has 2 nitrogen and oxygen atoms in total. The summed E-state index contributed by atoms with van der Waals surface area (Å²) in [5.74, 6) is 0.482. The maximum atomic E-state index is 11.0. The molecule has 1 rings (SSSR count). The van der Waals surface area contributed by atoms with Crippen LogP contribution in [0.3, 0.4) is 0 Å². The zero-order valence-corrected chi connectivity index (χ0v) is 8.42. The van der Waals surface area contributed by atoms with Gasteiger partial charge in [-0.1, -0.05) is 26.2 Å². The molecule has 0 unspecified atom stereocenters. The number of hydrogen-bond donors (Lipinski definition) is 0. The van der Waals surface area contributed by atoms with Crippen LogP contribution in [0.2, 0.25) is 0 Å². The van der Waals surface area contributed by atoms with Crippen LogP contribution in [-0.2, 0) is 9.53 Å². The van der Waals surface area contributed by atoms with Crippen LogP contribution in [-0.4, -0.2) is 12.6 Å². The van der Waals surface area contributed by atoms with Gasteiger partial charge in [-0.25, -0.2) is 0 Å². The molecule has 1 aliphatic carbocycles. The molecule has 0 aromatic carbocycles. The van der Waals surface area contributed by atoms with Gasteiger partial charge in [0, 0.05) is 0 Å². The van der Waals surface area contributed by atoms with Crippen LogP contribution < -0.4 is 0 Å². The molecule has 75 valence electrons. The number of ether oxygens (including phenoxy) is 1. The van der Waals surface area contributed by atoms with E-state index in [1.54, 1.807) is 6.42 Å². The second-order valence-electron chi connectivity index (χ2n) is 3.75. The number of carbonyl (C=O) groups excluding carboxylic acids is 1. The van der Waals surface area contributed by atoms with Crippen LogP contribution >= 0.6 is 0 Å². The lowest BCUT2D eigenvalue weighted by Crippen LogP contribution is -2.16. The lowest BCUT2D eigenvalue weighted by molar-refractivity contribution is -0.141. The van der Waals surface area contributed by atoms with Crippen molar-refractivity contribution in [2.45, 2.75) is 45.4 Å². The van der Waals surface area contributed by atoms with Crippen molar-refractivity contribution in [2.75, 3.05) is 6.61 Å². The van der Waals surface area contributed by atoms with Crippen molar-refractivity contribution in [3.63, 3.8) is 0 Å². The highest BCUT2D eigenvalue weighted by atomic mass is 16.5. The Morgan fingerprint density at radius 2 is 2.08 bits per heavy atom. The Labute approximate surface area is 80.7 Å². The van der Waals surface area contributed by atoms with Gasteiger partial charge in [0.15, 0.2) is 0 Å². The second kappa shape index (κ2) is 6.01.